The van der Waals surface area contributed by atoms with Crippen LogP contribution in [0.4, 0.5) is 5.69 Å². The number of rotatable bonds is 2. The summed E-state index contributed by atoms with van der Waals surface area (Å²) >= 11 is 0. The quantitative estimate of drug-likeness (QED) is 0.794. The molecule has 0 saturated heterocycles. The van der Waals surface area contributed by atoms with Gasteiger partial charge in [-0.1, -0.05) is 19.9 Å². The van der Waals surface area contributed by atoms with Gasteiger partial charge in [-0.2, -0.15) is 0 Å². The van der Waals surface area contributed by atoms with E-state index >= 15 is 0 Å². The van der Waals surface area contributed by atoms with Crippen LogP contribution in [0, 0.1) is 12.8 Å². The lowest BCUT2D eigenvalue weighted by Gasteiger charge is -2.33. The highest BCUT2D eigenvalue weighted by Crippen LogP contribution is 2.35. The number of anilines is 1. The van der Waals surface area contributed by atoms with E-state index in [4.69, 9.17) is 0 Å². The van der Waals surface area contributed by atoms with Crippen molar-refractivity contribution in [1.82, 2.24) is 10.3 Å². The molecule has 5 nitrogen and oxygen atoms in total. The molecule has 2 heterocycles. The van der Waals surface area contributed by atoms with Crippen LogP contribution in [-0.4, -0.2) is 41.7 Å². The molecule has 1 aliphatic rings. The van der Waals surface area contributed by atoms with Gasteiger partial charge in [0, 0.05) is 29.8 Å². The second-order valence-electron chi connectivity index (χ2n) is 6.86. The molecule has 0 aliphatic carbocycles. The summed E-state index contributed by atoms with van der Waals surface area (Å²) in [6, 6.07) is 3.64. The molecule has 2 atom stereocenters. The van der Waals surface area contributed by atoms with Gasteiger partial charge in [-0.3, -0.25) is 4.79 Å². The Labute approximate surface area is 136 Å². The van der Waals surface area contributed by atoms with Crippen molar-refractivity contribution in [3.8, 4) is 0 Å². The number of nitrogens with one attached hydrogen (secondary N) is 2. The third-order valence-corrected chi connectivity index (χ3v) is 4.81. The predicted octanol–water partition coefficient (Wildman–Crippen LogP) is 1.97. The number of amides is 1. The molecule has 0 bridgehead atoms. The van der Waals surface area contributed by atoms with Gasteiger partial charge in [0.1, 0.15) is 6.04 Å². The van der Waals surface area contributed by atoms with E-state index in [1.54, 1.807) is 0 Å². The predicted molar refractivity (Wildman–Crippen MR) is 92.8 cm³/mol. The first kappa shape index (κ1) is 15.9. The number of carbonyl (C=O) groups is 1. The van der Waals surface area contributed by atoms with Crippen molar-refractivity contribution < 1.29 is 9.90 Å². The number of H-pyrrole nitrogens is 1. The number of hydrogen-bond donors (Lipinski definition) is 3. The Kier molecular flexibility index (Phi) is 4.06. The molecule has 2 aromatic rings. The van der Waals surface area contributed by atoms with E-state index < -0.39 is 0 Å². The maximum atomic E-state index is 12.8. The van der Waals surface area contributed by atoms with Gasteiger partial charge in [-0.25, -0.2) is 0 Å². The molecule has 1 amide bonds. The Morgan fingerprint density at radius 1 is 1.39 bits per heavy atom. The minimum atomic E-state index is -0.269. The number of benzene rings is 1. The summed E-state index contributed by atoms with van der Waals surface area (Å²) < 4.78 is 0. The third-order valence-electron chi connectivity index (χ3n) is 4.81. The molecule has 124 valence electrons. The number of carbonyl (C=O) groups excluding carboxylic acids is 1. The van der Waals surface area contributed by atoms with Crippen LogP contribution < -0.4 is 10.2 Å². The number of aryl methyl sites for hydroxylation is 1. The second kappa shape index (κ2) is 5.89. The number of aliphatic hydroxyl groups is 1. The smallest absolute Gasteiger partial charge is 0.243 e. The fourth-order valence-corrected chi connectivity index (χ4v) is 3.77. The molecule has 0 radical (unpaired) electrons. The summed E-state index contributed by atoms with van der Waals surface area (Å²) in [5, 5.41) is 13.8. The van der Waals surface area contributed by atoms with Crippen molar-refractivity contribution in [1.29, 1.82) is 0 Å². The Bertz CT molecular complexity index is 735. The number of aromatic amines is 1. The summed E-state index contributed by atoms with van der Waals surface area (Å²) in [4.78, 5) is 18.2. The second-order valence-corrected chi connectivity index (χ2v) is 6.86. The average Bonchev–Trinajstić information content (AvgIpc) is 2.89. The highest BCUT2D eigenvalue weighted by Gasteiger charge is 2.32. The Hall–Kier alpha value is -2.01. The van der Waals surface area contributed by atoms with Gasteiger partial charge in [0.15, 0.2) is 0 Å². The Balaban J connectivity index is 2.27. The minimum Gasteiger partial charge on any atom is -0.394 e. The first-order valence-corrected chi connectivity index (χ1v) is 8.17. The van der Waals surface area contributed by atoms with Crippen LogP contribution >= 0.6 is 0 Å². The molecule has 1 aliphatic heterocycles. The molecule has 5 heteroatoms. The van der Waals surface area contributed by atoms with E-state index in [9.17, 15) is 9.90 Å². The maximum Gasteiger partial charge on any atom is 0.243 e. The molecular formula is C18H25N3O2. The van der Waals surface area contributed by atoms with E-state index in [-0.39, 0.29) is 30.5 Å². The summed E-state index contributed by atoms with van der Waals surface area (Å²) in [5.41, 5.74) is 4.46. The molecule has 23 heavy (non-hydrogen) atoms. The molecule has 0 saturated carbocycles. The van der Waals surface area contributed by atoms with Gasteiger partial charge in [-0.05, 0) is 36.5 Å². The first-order valence-electron chi connectivity index (χ1n) is 8.17. The standard InChI is InChI=1S/C18H25N3O2/c1-10(2)16-18(23)20-13(9-22)7-12-8-19-14-6-5-11(3)17(15(12)14)21(16)4/h5-6,8,10,13,16,19,22H,7,9H2,1-4H3,(H,20,23)/t13-,16-/m0/s1. The van der Waals surface area contributed by atoms with Crippen LogP contribution in [0.25, 0.3) is 10.9 Å². The lowest BCUT2D eigenvalue weighted by atomic mass is 9.98. The molecular weight excluding hydrogens is 290 g/mol. The van der Waals surface area contributed by atoms with Crippen LogP contribution in [0.1, 0.15) is 25.0 Å². The van der Waals surface area contributed by atoms with Gasteiger partial charge in [0.25, 0.3) is 0 Å². The molecule has 0 fully saturated rings. The number of hydrogen-bond acceptors (Lipinski definition) is 3. The zero-order valence-electron chi connectivity index (χ0n) is 14.2. The van der Waals surface area contributed by atoms with Crippen molar-refractivity contribution in [3.05, 3.63) is 29.5 Å². The topological polar surface area (TPSA) is 68.4 Å². The van der Waals surface area contributed by atoms with Crippen molar-refractivity contribution in [2.75, 3.05) is 18.6 Å². The molecule has 1 aromatic carbocycles. The number of nitrogens with zero attached hydrogens (tertiary/aromatic N) is 1. The summed E-state index contributed by atoms with van der Waals surface area (Å²) in [6.07, 6.45) is 2.61. The average molecular weight is 315 g/mol. The minimum absolute atomic E-state index is 0.0212. The SMILES string of the molecule is Cc1ccc2[nH]cc3c2c1N(C)[C@@H](C(C)C)C(=O)N[C@H](CO)C3. The van der Waals surface area contributed by atoms with E-state index in [1.165, 1.54) is 0 Å². The molecule has 3 N–H and O–H groups in total. The maximum absolute atomic E-state index is 12.8. The molecule has 1 aromatic heterocycles. The largest absolute Gasteiger partial charge is 0.394 e. The molecule has 0 unspecified atom stereocenters. The zero-order valence-corrected chi connectivity index (χ0v) is 14.2. The van der Waals surface area contributed by atoms with Crippen molar-refractivity contribution in [2.45, 2.75) is 39.3 Å². The van der Waals surface area contributed by atoms with Gasteiger partial charge in [-0.15, -0.1) is 0 Å². The molecule has 0 spiro atoms. The Morgan fingerprint density at radius 3 is 2.78 bits per heavy atom. The van der Waals surface area contributed by atoms with Crippen LogP contribution in [0.5, 0.6) is 0 Å². The van der Waals surface area contributed by atoms with Crippen molar-refractivity contribution in [3.63, 3.8) is 0 Å². The van der Waals surface area contributed by atoms with Crippen LogP contribution in [0.3, 0.4) is 0 Å². The Morgan fingerprint density at radius 2 is 2.13 bits per heavy atom. The van der Waals surface area contributed by atoms with Gasteiger partial charge >= 0.3 is 0 Å². The van der Waals surface area contributed by atoms with E-state index in [0.29, 0.717) is 6.42 Å². The van der Waals surface area contributed by atoms with Crippen LogP contribution in [-0.2, 0) is 11.2 Å². The van der Waals surface area contributed by atoms with Crippen molar-refractivity contribution >= 4 is 22.5 Å². The molecule has 3 rings (SSSR count). The summed E-state index contributed by atoms with van der Waals surface area (Å²) in [7, 11) is 1.99. The zero-order chi connectivity index (χ0) is 16.7. The number of likely N-dealkylation sites (N-methyl/N-ethyl adjacent to an activating group) is 1. The number of aliphatic hydroxyl groups excluding tert-OH is 1. The normalized spacial score (nSPS) is 22.0. The van der Waals surface area contributed by atoms with Gasteiger partial charge in [0.05, 0.1) is 12.6 Å². The van der Waals surface area contributed by atoms with E-state index in [0.717, 1.165) is 27.7 Å². The van der Waals surface area contributed by atoms with Crippen LogP contribution in [0.2, 0.25) is 0 Å². The summed E-state index contributed by atoms with van der Waals surface area (Å²) in [6.45, 7) is 6.13. The van der Waals surface area contributed by atoms with Gasteiger partial charge in [0.2, 0.25) is 5.91 Å². The third kappa shape index (κ3) is 2.59. The number of aromatic nitrogens is 1. The fraction of sp³-hybridized carbons (Fsp3) is 0.500. The van der Waals surface area contributed by atoms with E-state index in [1.807, 2.05) is 13.2 Å². The van der Waals surface area contributed by atoms with Crippen LogP contribution in [0.15, 0.2) is 18.3 Å². The van der Waals surface area contributed by atoms with E-state index in [2.05, 4.69) is 48.1 Å². The highest BCUT2D eigenvalue weighted by atomic mass is 16.3. The fourth-order valence-electron chi connectivity index (χ4n) is 3.77. The highest BCUT2D eigenvalue weighted by molar-refractivity contribution is 5.99. The monoisotopic (exact) mass is 315 g/mol. The van der Waals surface area contributed by atoms with Crippen molar-refractivity contribution in [2.24, 2.45) is 5.92 Å². The lowest BCUT2D eigenvalue weighted by Crippen LogP contribution is -2.52. The first-order chi connectivity index (χ1) is 10.9. The lowest BCUT2D eigenvalue weighted by molar-refractivity contribution is -0.124. The summed E-state index contributed by atoms with van der Waals surface area (Å²) in [5.74, 6) is 0.140. The van der Waals surface area contributed by atoms with Gasteiger partial charge < -0.3 is 20.3 Å².